The average molecular weight is 399 g/mol. The largest absolute Gasteiger partial charge is 0.376 e. The molecule has 0 aliphatic carbocycles. The maximum atomic E-state index is 13.3. The molecule has 0 radical (unpaired) electrons. The predicted molar refractivity (Wildman–Crippen MR) is 102 cm³/mol. The minimum Gasteiger partial charge on any atom is -0.376 e. The summed E-state index contributed by atoms with van der Waals surface area (Å²) in [7, 11) is 0. The van der Waals surface area contributed by atoms with E-state index in [0.717, 1.165) is 35.0 Å². The molecule has 1 aromatic heterocycles. The summed E-state index contributed by atoms with van der Waals surface area (Å²) in [6.07, 6.45) is 1.96. The fourth-order valence-electron chi connectivity index (χ4n) is 3.64. The van der Waals surface area contributed by atoms with Crippen LogP contribution in [-0.2, 0) is 4.74 Å². The van der Waals surface area contributed by atoms with Crippen LogP contribution in [0.2, 0.25) is 0 Å². The van der Waals surface area contributed by atoms with E-state index >= 15 is 0 Å². The molecule has 2 unspecified atom stereocenters. The van der Waals surface area contributed by atoms with Gasteiger partial charge in [0.25, 0.3) is 5.56 Å². The lowest BCUT2D eigenvalue weighted by molar-refractivity contribution is 0.0780. The Labute approximate surface area is 154 Å². The standard InChI is InChI=1S/C20H19BrN2O2/c1-13-22-17-10-9-15(21)12-16(17)20(24)23(13)19(18-8-5-11-25-18)14-6-3-2-4-7-14/h2-4,6-7,9-10,12,18-19H,5,8,11H2,1H3. The van der Waals surface area contributed by atoms with E-state index in [1.807, 2.05) is 43.3 Å². The molecule has 5 heteroatoms. The minimum absolute atomic E-state index is 0.00907. The van der Waals surface area contributed by atoms with Gasteiger partial charge in [-0.15, -0.1) is 0 Å². The fourth-order valence-corrected chi connectivity index (χ4v) is 4.00. The molecule has 1 aliphatic rings. The Morgan fingerprint density at radius 1 is 1.24 bits per heavy atom. The van der Waals surface area contributed by atoms with Crippen LogP contribution in [0.25, 0.3) is 10.9 Å². The van der Waals surface area contributed by atoms with E-state index in [9.17, 15) is 4.79 Å². The van der Waals surface area contributed by atoms with Gasteiger partial charge in [0.2, 0.25) is 0 Å². The smallest absolute Gasteiger partial charge is 0.262 e. The van der Waals surface area contributed by atoms with E-state index in [-0.39, 0.29) is 17.7 Å². The van der Waals surface area contributed by atoms with Crippen molar-refractivity contribution < 1.29 is 4.74 Å². The summed E-state index contributed by atoms with van der Waals surface area (Å²) in [5.74, 6) is 0.712. The number of ether oxygens (including phenoxy) is 1. The average Bonchev–Trinajstić information content (AvgIpc) is 3.14. The molecule has 0 N–H and O–H groups in total. The monoisotopic (exact) mass is 398 g/mol. The van der Waals surface area contributed by atoms with E-state index in [2.05, 4.69) is 33.0 Å². The molecule has 1 aliphatic heterocycles. The maximum absolute atomic E-state index is 13.3. The lowest BCUT2D eigenvalue weighted by Gasteiger charge is -2.27. The van der Waals surface area contributed by atoms with Crippen LogP contribution in [0, 0.1) is 6.92 Å². The van der Waals surface area contributed by atoms with Gasteiger partial charge in [0.1, 0.15) is 5.82 Å². The number of fused-ring (bicyclic) bond motifs is 1. The Morgan fingerprint density at radius 2 is 2.04 bits per heavy atom. The van der Waals surface area contributed by atoms with Gasteiger partial charge in [-0.05, 0) is 43.5 Å². The normalized spacial score (nSPS) is 18.6. The third-order valence-corrected chi connectivity index (χ3v) is 5.27. The zero-order valence-electron chi connectivity index (χ0n) is 14.0. The van der Waals surface area contributed by atoms with Crippen LogP contribution in [0.15, 0.2) is 57.8 Å². The molecule has 0 bridgehead atoms. The number of hydrogen-bond acceptors (Lipinski definition) is 3. The molecule has 0 spiro atoms. The Balaban J connectivity index is 1.97. The van der Waals surface area contributed by atoms with Crippen molar-refractivity contribution in [2.75, 3.05) is 6.61 Å². The fraction of sp³-hybridized carbons (Fsp3) is 0.300. The lowest BCUT2D eigenvalue weighted by atomic mass is 9.98. The molecule has 4 nitrogen and oxygen atoms in total. The molecule has 128 valence electrons. The summed E-state index contributed by atoms with van der Waals surface area (Å²) in [5.41, 5.74) is 1.78. The first kappa shape index (κ1) is 16.5. The van der Waals surface area contributed by atoms with Crippen LogP contribution in [0.3, 0.4) is 0 Å². The molecule has 4 rings (SSSR count). The van der Waals surface area contributed by atoms with Gasteiger partial charge in [-0.25, -0.2) is 4.98 Å². The van der Waals surface area contributed by atoms with Crippen LogP contribution in [0.4, 0.5) is 0 Å². The summed E-state index contributed by atoms with van der Waals surface area (Å²) in [5, 5.41) is 0.624. The summed E-state index contributed by atoms with van der Waals surface area (Å²) < 4.78 is 8.66. The van der Waals surface area contributed by atoms with Gasteiger partial charge in [0.05, 0.1) is 23.0 Å². The predicted octanol–water partition coefficient (Wildman–Crippen LogP) is 4.24. The van der Waals surface area contributed by atoms with Crippen molar-refractivity contribution in [3.63, 3.8) is 0 Å². The Morgan fingerprint density at radius 3 is 2.76 bits per heavy atom. The van der Waals surface area contributed by atoms with Crippen LogP contribution >= 0.6 is 15.9 Å². The summed E-state index contributed by atoms with van der Waals surface area (Å²) >= 11 is 3.46. The zero-order valence-corrected chi connectivity index (χ0v) is 15.6. The van der Waals surface area contributed by atoms with Crippen molar-refractivity contribution in [3.05, 3.63) is 74.7 Å². The zero-order chi connectivity index (χ0) is 17.4. The van der Waals surface area contributed by atoms with Crippen LogP contribution in [0.5, 0.6) is 0 Å². The van der Waals surface area contributed by atoms with Gasteiger partial charge in [0, 0.05) is 11.1 Å². The van der Waals surface area contributed by atoms with Crippen LogP contribution in [0.1, 0.15) is 30.3 Å². The Hall–Kier alpha value is -1.98. The third-order valence-electron chi connectivity index (χ3n) is 4.78. The van der Waals surface area contributed by atoms with Crippen LogP contribution < -0.4 is 5.56 Å². The molecule has 1 fully saturated rings. The van der Waals surface area contributed by atoms with Gasteiger partial charge in [-0.1, -0.05) is 46.3 Å². The molecule has 1 saturated heterocycles. The maximum Gasteiger partial charge on any atom is 0.262 e. The summed E-state index contributed by atoms with van der Waals surface area (Å²) in [6, 6.07) is 15.6. The van der Waals surface area contributed by atoms with Crippen molar-refractivity contribution in [2.45, 2.75) is 31.9 Å². The second-order valence-electron chi connectivity index (χ2n) is 6.40. The van der Waals surface area contributed by atoms with Gasteiger partial charge < -0.3 is 4.74 Å². The van der Waals surface area contributed by atoms with Gasteiger partial charge in [-0.2, -0.15) is 0 Å². The Bertz CT molecular complexity index is 963. The Kier molecular flexibility index (Phi) is 4.44. The molecule has 3 aromatic rings. The molecule has 25 heavy (non-hydrogen) atoms. The number of aromatic nitrogens is 2. The van der Waals surface area contributed by atoms with E-state index in [0.29, 0.717) is 11.2 Å². The molecule has 2 atom stereocenters. The molecule has 0 amide bonds. The first-order valence-corrected chi connectivity index (χ1v) is 9.29. The van der Waals surface area contributed by atoms with Gasteiger partial charge in [0.15, 0.2) is 0 Å². The van der Waals surface area contributed by atoms with Gasteiger partial charge >= 0.3 is 0 Å². The molecule has 2 heterocycles. The van der Waals surface area contributed by atoms with Crippen molar-refractivity contribution in [1.82, 2.24) is 9.55 Å². The lowest BCUT2D eigenvalue weighted by Crippen LogP contribution is -2.35. The SMILES string of the molecule is Cc1nc2ccc(Br)cc2c(=O)n1C(c1ccccc1)C1CCCO1. The van der Waals surface area contributed by atoms with E-state index in [1.165, 1.54) is 0 Å². The number of aryl methyl sites for hydroxylation is 1. The quantitative estimate of drug-likeness (QED) is 0.662. The highest BCUT2D eigenvalue weighted by Crippen LogP contribution is 2.31. The second kappa shape index (κ2) is 6.73. The highest BCUT2D eigenvalue weighted by molar-refractivity contribution is 9.10. The van der Waals surface area contributed by atoms with E-state index in [1.54, 1.807) is 4.57 Å². The number of rotatable bonds is 3. The van der Waals surface area contributed by atoms with Crippen LogP contribution in [-0.4, -0.2) is 22.3 Å². The number of benzene rings is 2. The summed E-state index contributed by atoms with van der Waals surface area (Å²) in [6.45, 7) is 2.64. The topological polar surface area (TPSA) is 44.1 Å². The third kappa shape index (κ3) is 3.02. The first-order chi connectivity index (χ1) is 12.1. The number of hydrogen-bond donors (Lipinski definition) is 0. The minimum atomic E-state index is -0.160. The van der Waals surface area contributed by atoms with Crippen molar-refractivity contribution in [1.29, 1.82) is 0 Å². The van der Waals surface area contributed by atoms with Crippen molar-refractivity contribution >= 4 is 26.8 Å². The highest BCUT2D eigenvalue weighted by atomic mass is 79.9. The van der Waals surface area contributed by atoms with Gasteiger partial charge in [-0.3, -0.25) is 9.36 Å². The molecule has 0 saturated carbocycles. The molecule has 2 aromatic carbocycles. The molecular weight excluding hydrogens is 380 g/mol. The summed E-state index contributed by atoms with van der Waals surface area (Å²) in [4.78, 5) is 18.0. The van der Waals surface area contributed by atoms with Crippen molar-refractivity contribution in [3.8, 4) is 0 Å². The number of halogens is 1. The van der Waals surface area contributed by atoms with Crippen molar-refractivity contribution in [2.24, 2.45) is 0 Å². The van der Waals surface area contributed by atoms with E-state index < -0.39 is 0 Å². The second-order valence-corrected chi connectivity index (χ2v) is 7.32. The number of nitrogens with zero attached hydrogens (tertiary/aromatic N) is 2. The van der Waals surface area contributed by atoms with E-state index in [4.69, 9.17) is 4.74 Å². The highest BCUT2D eigenvalue weighted by Gasteiger charge is 2.31. The molecular formula is C20H19BrN2O2. The first-order valence-electron chi connectivity index (χ1n) is 8.50.